The quantitative estimate of drug-likeness (QED) is 0.833. The highest BCUT2D eigenvalue weighted by Crippen LogP contribution is 2.21. The van der Waals surface area contributed by atoms with Gasteiger partial charge in [-0.2, -0.15) is 0 Å². The minimum Gasteiger partial charge on any atom is -0.338 e. The van der Waals surface area contributed by atoms with E-state index in [1.807, 2.05) is 17.0 Å². The number of hydrogen-bond donors (Lipinski definition) is 0. The maximum absolute atomic E-state index is 12.7. The van der Waals surface area contributed by atoms with Crippen molar-refractivity contribution >= 4 is 5.91 Å². The van der Waals surface area contributed by atoms with Gasteiger partial charge in [0, 0.05) is 38.3 Å². The fourth-order valence-corrected chi connectivity index (χ4v) is 4.26. The molecule has 1 saturated heterocycles. The van der Waals surface area contributed by atoms with Crippen LogP contribution in [0.15, 0.2) is 48.5 Å². The largest absolute Gasteiger partial charge is 0.338 e. The van der Waals surface area contributed by atoms with Crippen LogP contribution in [0, 0.1) is 5.92 Å². The number of piperidine rings is 1. The first-order valence-electron chi connectivity index (χ1n) is 9.86. The minimum atomic E-state index is 0.190. The lowest BCUT2D eigenvalue weighted by Crippen LogP contribution is -2.39. The molecule has 3 heteroatoms. The Balaban J connectivity index is 1.38. The highest BCUT2D eigenvalue weighted by Gasteiger charge is 2.22. The first kappa shape index (κ1) is 17.3. The van der Waals surface area contributed by atoms with Gasteiger partial charge in [-0.05, 0) is 54.0 Å². The Hall–Kier alpha value is -2.13. The van der Waals surface area contributed by atoms with Gasteiger partial charge in [-0.15, -0.1) is 0 Å². The highest BCUT2D eigenvalue weighted by molar-refractivity contribution is 5.94. The van der Waals surface area contributed by atoms with Gasteiger partial charge in [0.2, 0.25) is 0 Å². The third-order valence-electron chi connectivity index (χ3n) is 5.76. The van der Waals surface area contributed by atoms with Gasteiger partial charge in [0.15, 0.2) is 0 Å². The van der Waals surface area contributed by atoms with E-state index in [0.717, 1.165) is 51.1 Å². The van der Waals surface area contributed by atoms with Crippen molar-refractivity contribution in [1.82, 2.24) is 9.80 Å². The van der Waals surface area contributed by atoms with E-state index in [2.05, 4.69) is 48.2 Å². The molecule has 0 saturated carbocycles. The standard InChI is InChI=1S/C23H28N2O/c1-18-5-4-13-25(15-18)23(26)21-10-8-19(9-11-21)16-24-14-12-20-6-2-3-7-22(20)17-24/h2-3,6-11,18H,4-5,12-17H2,1H3/t18-/m0/s1. The molecule has 26 heavy (non-hydrogen) atoms. The van der Waals surface area contributed by atoms with Crippen molar-refractivity contribution in [1.29, 1.82) is 0 Å². The van der Waals surface area contributed by atoms with Gasteiger partial charge in [0.1, 0.15) is 0 Å². The number of fused-ring (bicyclic) bond motifs is 1. The summed E-state index contributed by atoms with van der Waals surface area (Å²) in [5.74, 6) is 0.809. The van der Waals surface area contributed by atoms with Crippen molar-refractivity contribution in [3.05, 3.63) is 70.8 Å². The van der Waals surface area contributed by atoms with Gasteiger partial charge in [-0.25, -0.2) is 0 Å². The number of carbonyl (C=O) groups is 1. The smallest absolute Gasteiger partial charge is 0.253 e. The molecular weight excluding hydrogens is 320 g/mol. The first-order valence-corrected chi connectivity index (χ1v) is 9.86. The summed E-state index contributed by atoms with van der Waals surface area (Å²) in [6.45, 7) is 7.10. The zero-order valence-electron chi connectivity index (χ0n) is 15.7. The van der Waals surface area contributed by atoms with Gasteiger partial charge >= 0.3 is 0 Å². The Morgan fingerprint density at radius 3 is 2.58 bits per heavy atom. The van der Waals surface area contributed by atoms with Gasteiger partial charge < -0.3 is 4.90 Å². The fourth-order valence-electron chi connectivity index (χ4n) is 4.26. The van der Waals surface area contributed by atoms with Crippen molar-refractivity contribution < 1.29 is 4.79 Å². The molecule has 0 aromatic heterocycles. The average Bonchev–Trinajstić information content (AvgIpc) is 2.68. The van der Waals surface area contributed by atoms with E-state index in [0.29, 0.717) is 5.92 Å². The molecule has 1 amide bonds. The van der Waals surface area contributed by atoms with E-state index in [-0.39, 0.29) is 5.91 Å². The number of nitrogens with zero attached hydrogens (tertiary/aromatic N) is 2. The number of benzene rings is 2. The Bertz CT molecular complexity index is 768. The van der Waals surface area contributed by atoms with E-state index in [1.54, 1.807) is 0 Å². The Kier molecular flexibility index (Phi) is 5.07. The number of likely N-dealkylation sites (tertiary alicyclic amines) is 1. The second kappa shape index (κ2) is 7.63. The zero-order valence-corrected chi connectivity index (χ0v) is 15.7. The molecule has 0 unspecified atom stereocenters. The normalized spacial score (nSPS) is 20.7. The predicted molar refractivity (Wildman–Crippen MR) is 105 cm³/mol. The fraction of sp³-hybridized carbons (Fsp3) is 0.435. The molecule has 0 spiro atoms. The van der Waals surface area contributed by atoms with Crippen LogP contribution < -0.4 is 0 Å². The van der Waals surface area contributed by atoms with Crippen LogP contribution in [0.3, 0.4) is 0 Å². The maximum Gasteiger partial charge on any atom is 0.253 e. The summed E-state index contributed by atoms with van der Waals surface area (Å²) in [7, 11) is 0. The number of amides is 1. The van der Waals surface area contributed by atoms with E-state index < -0.39 is 0 Å². The molecule has 2 aromatic carbocycles. The van der Waals surface area contributed by atoms with Crippen LogP contribution in [-0.4, -0.2) is 35.3 Å². The topological polar surface area (TPSA) is 23.6 Å². The molecular formula is C23H28N2O. The van der Waals surface area contributed by atoms with Crippen LogP contribution in [0.2, 0.25) is 0 Å². The number of hydrogen-bond acceptors (Lipinski definition) is 2. The second-order valence-electron chi connectivity index (χ2n) is 7.92. The first-order chi connectivity index (χ1) is 12.7. The molecule has 0 aliphatic carbocycles. The van der Waals surface area contributed by atoms with E-state index in [1.165, 1.54) is 23.1 Å². The van der Waals surface area contributed by atoms with Gasteiger partial charge in [0.25, 0.3) is 5.91 Å². The molecule has 2 aliphatic heterocycles. The molecule has 1 atom stereocenters. The van der Waals surface area contributed by atoms with E-state index in [9.17, 15) is 4.79 Å². The summed E-state index contributed by atoms with van der Waals surface area (Å²) < 4.78 is 0. The second-order valence-corrected chi connectivity index (χ2v) is 7.92. The lowest BCUT2D eigenvalue weighted by Gasteiger charge is -2.31. The van der Waals surface area contributed by atoms with Crippen LogP contribution in [-0.2, 0) is 19.5 Å². The SMILES string of the molecule is C[C@H]1CCCN(C(=O)c2ccc(CN3CCc4ccccc4C3)cc2)C1. The van der Waals surface area contributed by atoms with Gasteiger partial charge in [0.05, 0.1) is 0 Å². The molecule has 2 aliphatic rings. The zero-order chi connectivity index (χ0) is 17.9. The lowest BCUT2D eigenvalue weighted by atomic mass is 9.98. The van der Waals surface area contributed by atoms with E-state index in [4.69, 9.17) is 0 Å². The monoisotopic (exact) mass is 348 g/mol. The van der Waals surface area contributed by atoms with Crippen molar-refractivity contribution in [2.45, 2.75) is 39.3 Å². The lowest BCUT2D eigenvalue weighted by molar-refractivity contribution is 0.0683. The van der Waals surface area contributed by atoms with E-state index >= 15 is 0 Å². The van der Waals surface area contributed by atoms with Gasteiger partial charge in [-0.3, -0.25) is 9.69 Å². The molecule has 0 bridgehead atoms. The molecule has 3 nitrogen and oxygen atoms in total. The summed E-state index contributed by atoms with van der Waals surface area (Å²) >= 11 is 0. The van der Waals surface area contributed by atoms with Crippen molar-refractivity contribution in [2.24, 2.45) is 5.92 Å². The number of carbonyl (C=O) groups excluding carboxylic acids is 1. The average molecular weight is 348 g/mol. The highest BCUT2D eigenvalue weighted by atomic mass is 16.2. The Labute approximate surface area is 156 Å². The summed E-state index contributed by atoms with van der Waals surface area (Å²) in [5.41, 5.74) is 5.05. The summed E-state index contributed by atoms with van der Waals surface area (Å²) in [5, 5.41) is 0. The third-order valence-corrected chi connectivity index (χ3v) is 5.76. The molecule has 0 N–H and O–H groups in total. The predicted octanol–water partition coefficient (Wildman–Crippen LogP) is 4.12. The molecule has 2 aromatic rings. The van der Waals surface area contributed by atoms with Crippen molar-refractivity contribution in [3.63, 3.8) is 0 Å². The van der Waals surface area contributed by atoms with Crippen LogP contribution in [0.5, 0.6) is 0 Å². The van der Waals surface area contributed by atoms with Crippen LogP contribution >= 0.6 is 0 Å². The van der Waals surface area contributed by atoms with Crippen molar-refractivity contribution in [2.75, 3.05) is 19.6 Å². The van der Waals surface area contributed by atoms with Crippen LogP contribution in [0.4, 0.5) is 0 Å². The Morgan fingerprint density at radius 2 is 1.81 bits per heavy atom. The number of rotatable bonds is 3. The molecule has 2 heterocycles. The van der Waals surface area contributed by atoms with Crippen molar-refractivity contribution in [3.8, 4) is 0 Å². The maximum atomic E-state index is 12.7. The summed E-state index contributed by atoms with van der Waals surface area (Å²) in [6.07, 6.45) is 3.49. The third kappa shape index (κ3) is 3.83. The van der Waals surface area contributed by atoms with Crippen LogP contribution in [0.25, 0.3) is 0 Å². The molecule has 136 valence electrons. The minimum absolute atomic E-state index is 0.190. The molecule has 1 fully saturated rings. The van der Waals surface area contributed by atoms with Gasteiger partial charge in [-0.1, -0.05) is 43.3 Å². The molecule has 0 radical (unpaired) electrons. The summed E-state index contributed by atoms with van der Waals surface area (Å²) in [4.78, 5) is 17.2. The molecule has 4 rings (SSSR count). The van der Waals surface area contributed by atoms with Crippen LogP contribution in [0.1, 0.15) is 46.8 Å². The summed E-state index contributed by atoms with van der Waals surface area (Å²) in [6, 6.07) is 17.0. The Morgan fingerprint density at radius 1 is 1.04 bits per heavy atom.